The summed E-state index contributed by atoms with van der Waals surface area (Å²) in [4.78, 5) is 1.97. The lowest BCUT2D eigenvalue weighted by molar-refractivity contribution is 0.357. The van der Waals surface area contributed by atoms with Gasteiger partial charge in [0.1, 0.15) is 11.3 Å². The number of hydrogen-bond acceptors (Lipinski definition) is 2. The maximum Gasteiger partial charge on any atom is 0.128 e. The Kier molecular flexibility index (Phi) is 4.22. The summed E-state index contributed by atoms with van der Waals surface area (Å²) < 4.78 is 5.50. The Labute approximate surface area is 103 Å². The van der Waals surface area contributed by atoms with Gasteiger partial charge in [-0.25, -0.2) is 0 Å². The number of aryl methyl sites for hydroxylation is 2. The zero-order valence-electron chi connectivity index (χ0n) is 10.9. The highest BCUT2D eigenvalue weighted by Crippen LogP contribution is 2.37. The minimum atomic E-state index is -0.158. The van der Waals surface area contributed by atoms with Gasteiger partial charge in [0.25, 0.3) is 0 Å². The number of methoxy groups -OCH3 is 1. The molecule has 0 saturated heterocycles. The highest BCUT2D eigenvalue weighted by molar-refractivity contribution is 6.20. The van der Waals surface area contributed by atoms with Crippen molar-refractivity contribution in [3.05, 3.63) is 28.3 Å². The molecule has 16 heavy (non-hydrogen) atoms. The maximum atomic E-state index is 6.40. The van der Waals surface area contributed by atoms with Crippen molar-refractivity contribution in [2.45, 2.75) is 26.3 Å². The maximum absolute atomic E-state index is 6.40. The summed E-state index contributed by atoms with van der Waals surface area (Å²) in [7, 11) is 5.63. The molecular weight excluding hydrogens is 222 g/mol. The number of nitrogens with zero attached hydrogens (tertiary/aromatic N) is 1. The largest absolute Gasteiger partial charge is 0.496 e. The molecule has 1 unspecified atom stereocenters. The molecule has 1 aromatic rings. The van der Waals surface area contributed by atoms with Crippen molar-refractivity contribution in [2.75, 3.05) is 21.2 Å². The Bertz CT molecular complexity index is 388. The zero-order chi connectivity index (χ0) is 12.5. The van der Waals surface area contributed by atoms with E-state index in [0.29, 0.717) is 0 Å². The summed E-state index contributed by atoms with van der Waals surface area (Å²) in [5, 5.41) is 0. The van der Waals surface area contributed by atoms with Gasteiger partial charge in [-0.3, -0.25) is 4.90 Å². The second-order valence-electron chi connectivity index (χ2n) is 4.38. The van der Waals surface area contributed by atoms with E-state index in [4.69, 9.17) is 16.3 Å². The first-order chi connectivity index (χ1) is 7.40. The molecule has 0 aliphatic rings. The minimum Gasteiger partial charge on any atom is -0.496 e. The Morgan fingerprint density at radius 1 is 1.19 bits per heavy atom. The predicted octanol–water partition coefficient (Wildman–Crippen LogP) is 3.42. The molecule has 90 valence electrons. The molecule has 0 fully saturated rings. The van der Waals surface area contributed by atoms with Crippen LogP contribution in [0.5, 0.6) is 5.75 Å². The van der Waals surface area contributed by atoms with Crippen molar-refractivity contribution in [1.29, 1.82) is 0 Å². The second kappa shape index (κ2) is 5.07. The van der Waals surface area contributed by atoms with Gasteiger partial charge in [-0.15, -0.1) is 11.6 Å². The highest BCUT2D eigenvalue weighted by Gasteiger charge is 2.20. The third-order valence-corrected chi connectivity index (χ3v) is 3.54. The molecule has 0 bridgehead atoms. The number of ether oxygens (including phenoxy) is 1. The zero-order valence-corrected chi connectivity index (χ0v) is 11.6. The Hall–Kier alpha value is -0.730. The molecular formula is C13H20ClNO. The van der Waals surface area contributed by atoms with Gasteiger partial charge in [0.2, 0.25) is 0 Å². The average Bonchev–Trinajstić information content (AvgIpc) is 2.21. The molecule has 0 N–H and O–H groups in total. The quantitative estimate of drug-likeness (QED) is 0.594. The first-order valence-electron chi connectivity index (χ1n) is 5.35. The monoisotopic (exact) mass is 241 g/mol. The third-order valence-electron chi connectivity index (χ3n) is 2.93. The van der Waals surface area contributed by atoms with Crippen LogP contribution in [0.2, 0.25) is 0 Å². The van der Waals surface area contributed by atoms with Gasteiger partial charge in [-0.05, 0) is 51.6 Å². The third kappa shape index (κ3) is 2.33. The number of benzene rings is 1. The topological polar surface area (TPSA) is 12.5 Å². The summed E-state index contributed by atoms with van der Waals surface area (Å²) in [6, 6.07) is 2.16. The summed E-state index contributed by atoms with van der Waals surface area (Å²) in [5.74, 6) is 0.909. The fraction of sp³-hybridized carbons (Fsp3) is 0.538. The van der Waals surface area contributed by atoms with Gasteiger partial charge in [-0.2, -0.15) is 0 Å². The minimum absolute atomic E-state index is 0.158. The van der Waals surface area contributed by atoms with Gasteiger partial charge in [0.05, 0.1) is 7.11 Å². The predicted molar refractivity (Wildman–Crippen MR) is 69.5 cm³/mol. The fourth-order valence-corrected chi connectivity index (χ4v) is 2.16. The first-order valence-corrected chi connectivity index (χ1v) is 5.79. The van der Waals surface area contributed by atoms with Gasteiger partial charge in [0.15, 0.2) is 0 Å². The lowest BCUT2D eigenvalue weighted by Gasteiger charge is -2.24. The van der Waals surface area contributed by atoms with Crippen LogP contribution >= 0.6 is 11.6 Å². The summed E-state index contributed by atoms with van der Waals surface area (Å²) in [6.07, 6.45) is 0. The molecule has 0 heterocycles. The molecule has 1 aromatic carbocycles. The molecule has 0 aromatic heterocycles. The number of alkyl halides is 1. The van der Waals surface area contributed by atoms with Crippen LogP contribution in [0.3, 0.4) is 0 Å². The Morgan fingerprint density at radius 3 is 2.19 bits per heavy atom. The van der Waals surface area contributed by atoms with E-state index in [1.165, 1.54) is 11.1 Å². The van der Waals surface area contributed by atoms with E-state index in [2.05, 4.69) is 26.8 Å². The second-order valence-corrected chi connectivity index (χ2v) is 4.80. The van der Waals surface area contributed by atoms with Crippen LogP contribution in [0.25, 0.3) is 0 Å². The van der Waals surface area contributed by atoms with Crippen molar-refractivity contribution in [2.24, 2.45) is 0 Å². The Balaban J connectivity index is 3.42. The highest BCUT2D eigenvalue weighted by atomic mass is 35.5. The summed E-state index contributed by atoms with van der Waals surface area (Å²) in [5.41, 5.74) is 4.48. The van der Waals surface area contributed by atoms with Crippen LogP contribution in [0, 0.1) is 20.8 Å². The van der Waals surface area contributed by atoms with E-state index in [-0.39, 0.29) is 5.50 Å². The van der Waals surface area contributed by atoms with Crippen molar-refractivity contribution < 1.29 is 4.74 Å². The van der Waals surface area contributed by atoms with Gasteiger partial charge in [-0.1, -0.05) is 6.07 Å². The average molecular weight is 242 g/mol. The molecule has 0 saturated carbocycles. The lowest BCUT2D eigenvalue weighted by atomic mass is 9.98. The van der Waals surface area contributed by atoms with E-state index < -0.39 is 0 Å². The molecule has 0 aliphatic carbocycles. The van der Waals surface area contributed by atoms with Crippen LogP contribution < -0.4 is 4.74 Å². The van der Waals surface area contributed by atoms with E-state index in [1.54, 1.807) is 7.11 Å². The van der Waals surface area contributed by atoms with E-state index in [9.17, 15) is 0 Å². The molecule has 3 heteroatoms. The van der Waals surface area contributed by atoms with Crippen molar-refractivity contribution in [3.63, 3.8) is 0 Å². The Morgan fingerprint density at radius 2 is 1.75 bits per heavy atom. The molecule has 0 aliphatic heterocycles. The van der Waals surface area contributed by atoms with Crippen molar-refractivity contribution in [1.82, 2.24) is 4.90 Å². The molecule has 2 nitrogen and oxygen atoms in total. The molecule has 0 radical (unpaired) electrons. The molecule has 1 atom stereocenters. The van der Waals surface area contributed by atoms with Crippen LogP contribution in [0.4, 0.5) is 0 Å². The smallest absolute Gasteiger partial charge is 0.128 e. The van der Waals surface area contributed by atoms with Crippen LogP contribution in [-0.2, 0) is 0 Å². The van der Waals surface area contributed by atoms with E-state index in [1.807, 2.05) is 19.0 Å². The number of hydrogen-bond donors (Lipinski definition) is 0. The molecule has 1 rings (SSSR count). The van der Waals surface area contributed by atoms with E-state index in [0.717, 1.165) is 16.9 Å². The van der Waals surface area contributed by atoms with Gasteiger partial charge in [0, 0.05) is 5.56 Å². The normalized spacial score (nSPS) is 13.0. The standard InChI is InChI=1S/C13H20ClNO/c1-8-7-9(2)11(13(14)15(4)5)12(16-6)10(8)3/h7,13H,1-6H3. The summed E-state index contributed by atoms with van der Waals surface area (Å²) in [6.45, 7) is 6.23. The van der Waals surface area contributed by atoms with Crippen LogP contribution in [-0.4, -0.2) is 26.1 Å². The van der Waals surface area contributed by atoms with Gasteiger partial charge < -0.3 is 4.74 Å². The van der Waals surface area contributed by atoms with Crippen LogP contribution in [0.15, 0.2) is 6.07 Å². The molecule has 0 amide bonds. The fourth-order valence-electron chi connectivity index (χ4n) is 1.89. The summed E-state index contributed by atoms with van der Waals surface area (Å²) >= 11 is 6.40. The van der Waals surface area contributed by atoms with E-state index >= 15 is 0 Å². The SMILES string of the molecule is COc1c(C)c(C)cc(C)c1C(Cl)N(C)C. The van der Waals surface area contributed by atoms with Crippen molar-refractivity contribution in [3.8, 4) is 5.75 Å². The first kappa shape index (κ1) is 13.3. The van der Waals surface area contributed by atoms with Crippen LogP contribution in [0.1, 0.15) is 27.8 Å². The van der Waals surface area contributed by atoms with Crippen molar-refractivity contribution >= 4 is 11.6 Å². The number of rotatable bonds is 3. The lowest BCUT2D eigenvalue weighted by Crippen LogP contribution is -2.17. The van der Waals surface area contributed by atoms with Gasteiger partial charge >= 0.3 is 0 Å². The number of halogens is 1. The molecule has 0 spiro atoms.